The number of rotatable bonds is 6. The number of hydrogen-bond acceptors (Lipinski definition) is 4. The molecule has 1 aliphatic rings. The van der Waals surface area contributed by atoms with Crippen LogP contribution in [-0.4, -0.2) is 11.5 Å². The number of nitrogens with one attached hydrogen (secondary N) is 1. The van der Waals surface area contributed by atoms with Crippen LogP contribution in [0.15, 0.2) is 24.4 Å². The monoisotopic (exact) mass is 302 g/mol. The molecule has 0 radical (unpaired) electrons. The van der Waals surface area contributed by atoms with Crippen LogP contribution in [0.3, 0.4) is 0 Å². The molecule has 2 aromatic rings. The van der Waals surface area contributed by atoms with Crippen molar-refractivity contribution in [2.24, 2.45) is 0 Å². The Hall–Kier alpha value is -1.55. The molecule has 1 N–H and O–H groups in total. The molecular weight excluding hydrogens is 280 g/mol. The van der Waals surface area contributed by atoms with E-state index in [-0.39, 0.29) is 0 Å². The molecule has 0 saturated heterocycles. The van der Waals surface area contributed by atoms with E-state index in [4.69, 9.17) is 4.74 Å². The lowest BCUT2D eigenvalue weighted by Crippen LogP contribution is -2.03. The van der Waals surface area contributed by atoms with Gasteiger partial charge in [0.2, 0.25) is 0 Å². The fraction of sp³-hybridized carbons (Fsp3) is 0.471. The minimum absolute atomic E-state index is 0.601. The number of hydrogen-bond donors (Lipinski definition) is 1. The molecule has 1 aromatic carbocycles. The van der Waals surface area contributed by atoms with Gasteiger partial charge in [0.1, 0.15) is 12.4 Å². The summed E-state index contributed by atoms with van der Waals surface area (Å²) in [6.07, 6.45) is 8.05. The van der Waals surface area contributed by atoms with E-state index in [0.717, 1.165) is 28.7 Å². The standard InChI is InChI=1S/C17H22N2OS/c1-2-9-18-17-19-11-16(21-17)12-20-15-8-7-13-5-3-4-6-14(13)10-15/h7-8,10-11H,2-6,9,12H2,1H3,(H,18,19). The highest BCUT2D eigenvalue weighted by Gasteiger charge is 2.10. The minimum Gasteiger partial charge on any atom is -0.488 e. The molecule has 112 valence electrons. The first kappa shape index (κ1) is 14.4. The molecule has 0 spiro atoms. The van der Waals surface area contributed by atoms with Crippen molar-refractivity contribution in [3.05, 3.63) is 40.4 Å². The van der Waals surface area contributed by atoms with Crippen LogP contribution in [0.1, 0.15) is 42.2 Å². The maximum atomic E-state index is 5.92. The quantitative estimate of drug-likeness (QED) is 0.857. The van der Waals surface area contributed by atoms with Gasteiger partial charge in [-0.05, 0) is 55.4 Å². The van der Waals surface area contributed by atoms with E-state index in [0.29, 0.717) is 6.61 Å². The average Bonchev–Trinajstić information content (AvgIpc) is 2.98. The molecule has 1 aliphatic carbocycles. The van der Waals surface area contributed by atoms with Crippen molar-refractivity contribution in [1.82, 2.24) is 4.98 Å². The zero-order chi connectivity index (χ0) is 14.5. The Kier molecular flexibility index (Phi) is 4.76. The lowest BCUT2D eigenvalue weighted by Gasteiger charge is -2.16. The van der Waals surface area contributed by atoms with Gasteiger partial charge in [-0.3, -0.25) is 0 Å². The maximum absolute atomic E-state index is 5.92. The van der Waals surface area contributed by atoms with Gasteiger partial charge >= 0.3 is 0 Å². The lowest BCUT2D eigenvalue weighted by molar-refractivity contribution is 0.309. The third-order valence-electron chi connectivity index (χ3n) is 3.78. The van der Waals surface area contributed by atoms with Crippen molar-refractivity contribution in [2.75, 3.05) is 11.9 Å². The number of nitrogens with zero attached hydrogens (tertiary/aromatic N) is 1. The smallest absolute Gasteiger partial charge is 0.182 e. The van der Waals surface area contributed by atoms with Gasteiger partial charge in [-0.2, -0.15) is 0 Å². The van der Waals surface area contributed by atoms with Crippen LogP contribution in [0.2, 0.25) is 0 Å². The molecular formula is C17H22N2OS. The number of fused-ring (bicyclic) bond motifs is 1. The molecule has 0 aliphatic heterocycles. The van der Waals surface area contributed by atoms with E-state index < -0.39 is 0 Å². The second-order valence-corrected chi connectivity index (χ2v) is 6.60. The topological polar surface area (TPSA) is 34.2 Å². The fourth-order valence-electron chi connectivity index (χ4n) is 2.64. The summed E-state index contributed by atoms with van der Waals surface area (Å²) in [7, 11) is 0. The van der Waals surface area contributed by atoms with Crippen molar-refractivity contribution >= 4 is 16.5 Å². The molecule has 0 saturated carbocycles. The highest BCUT2D eigenvalue weighted by molar-refractivity contribution is 7.15. The predicted octanol–water partition coefficient (Wildman–Crippen LogP) is 4.42. The second-order valence-electron chi connectivity index (χ2n) is 5.48. The SMILES string of the molecule is CCCNc1ncc(COc2ccc3c(c2)CCCC3)s1. The van der Waals surface area contributed by atoms with Gasteiger partial charge in [-0.25, -0.2) is 4.98 Å². The largest absolute Gasteiger partial charge is 0.488 e. The number of benzene rings is 1. The van der Waals surface area contributed by atoms with Crippen molar-refractivity contribution in [3.8, 4) is 5.75 Å². The molecule has 0 fully saturated rings. The average molecular weight is 302 g/mol. The Labute approximate surface area is 130 Å². The predicted molar refractivity (Wildman–Crippen MR) is 88.3 cm³/mol. The van der Waals surface area contributed by atoms with E-state index in [1.165, 1.54) is 36.8 Å². The molecule has 0 unspecified atom stereocenters. The first-order chi connectivity index (χ1) is 10.3. The summed E-state index contributed by atoms with van der Waals surface area (Å²) in [5.41, 5.74) is 2.96. The van der Waals surface area contributed by atoms with Gasteiger partial charge in [-0.15, -0.1) is 0 Å². The molecule has 1 heterocycles. The molecule has 3 rings (SSSR count). The van der Waals surface area contributed by atoms with Crippen LogP contribution >= 0.6 is 11.3 Å². The van der Waals surface area contributed by atoms with Crippen molar-refractivity contribution in [2.45, 2.75) is 45.6 Å². The van der Waals surface area contributed by atoms with Crippen LogP contribution in [0.4, 0.5) is 5.13 Å². The maximum Gasteiger partial charge on any atom is 0.182 e. The van der Waals surface area contributed by atoms with Crippen LogP contribution in [0, 0.1) is 0 Å². The van der Waals surface area contributed by atoms with Crippen molar-refractivity contribution < 1.29 is 4.74 Å². The normalized spacial score (nSPS) is 13.8. The summed E-state index contributed by atoms with van der Waals surface area (Å²) in [6.45, 7) is 3.73. The lowest BCUT2D eigenvalue weighted by atomic mass is 9.92. The number of aryl methyl sites for hydroxylation is 2. The van der Waals surface area contributed by atoms with Crippen LogP contribution < -0.4 is 10.1 Å². The van der Waals surface area contributed by atoms with Crippen LogP contribution in [0.5, 0.6) is 5.75 Å². The molecule has 0 atom stereocenters. The third kappa shape index (κ3) is 3.76. The number of thiazole rings is 1. The molecule has 3 nitrogen and oxygen atoms in total. The Morgan fingerprint density at radius 3 is 2.95 bits per heavy atom. The number of aromatic nitrogens is 1. The Balaban J connectivity index is 1.58. The molecule has 0 bridgehead atoms. The first-order valence-electron chi connectivity index (χ1n) is 7.78. The van der Waals surface area contributed by atoms with E-state index in [2.05, 4.69) is 35.4 Å². The zero-order valence-electron chi connectivity index (χ0n) is 12.5. The van der Waals surface area contributed by atoms with Crippen LogP contribution in [-0.2, 0) is 19.4 Å². The highest BCUT2D eigenvalue weighted by Crippen LogP contribution is 2.26. The molecule has 0 amide bonds. The summed E-state index contributed by atoms with van der Waals surface area (Å²) >= 11 is 1.67. The zero-order valence-corrected chi connectivity index (χ0v) is 13.3. The first-order valence-corrected chi connectivity index (χ1v) is 8.60. The van der Waals surface area contributed by atoms with Crippen molar-refractivity contribution in [3.63, 3.8) is 0 Å². The van der Waals surface area contributed by atoms with Gasteiger partial charge in [0, 0.05) is 12.7 Å². The molecule has 21 heavy (non-hydrogen) atoms. The summed E-state index contributed by atoms with van der Waals surface area (Å²) in [4.78, 5) is 5.52. The minimum atomic E-state index is 0.601. The summed E-state index contributed by atoms with van der Waals surface area (Å²) in [6, 6.07) is 6.54. The summed E-state index contributed by atoms with van der Waals surface area (Å²) in [5, 5.41) is 4.29. The molecule has 1 aromatic heterocycles. The Bertz CT molecular complexity index is 594. The Morgan fingerprint density at radius 1 is 1.24 bits per heavy atom. The number of anilines is 1. The highest BCUT2D eigenvalue weighted by atomic mass is 32.1. The van der Waals surface area contributed by atoms with Gasteiger partial charge in [0.25, 0.3) is 0 Å². The van der Waals surface area contributed by atoms with Crippen LogP contribution in [0.25, 0.3) is 0 Å². The van der Waals surface area contributed by atoms with E-state index >= 15 is 0 Å². The molecule has 4 heteroatoms. The van der Waals surface area contributed by atoms with E-state index in [9.17, 15) is 0 Å². The van der Waals surface area contributed by atoms with Gasteiger partial charge in [0.15, 0.2) is 5.13 Å². The van der Waals surface area contributed by atoms with E-state index in [1.54, 1.807) is 11.3 Å². The number of ether oxygens (including phenoxy) is 1. The van der Waals surface area contributed by atoms with E-state index in [1.807, 2.05) is 6.20 Å². The van der Waals surface area contributed by atoms with Gasteiger partial charge in [0.05, 0.1) is 4.88 Å². The van der Waals surface area contributed by atoms with Gasteiger partial charge in [-0.1, -0.05) is 24.3 Å². The summed E-state index contributed by atoms with van der Waals surface area (Å²) in [5.74, 6) is 0.979. The third-order valence-corrected chi connectivity index (χ3v) is 4.71. The van der Waals surface area contributed by atoms with Crippen molar-refractivity contribution in [1.29, 1.82) is 0 Å². The Morgan fingerprint density at radius 2 is 2.10 bits per heavy atom. The second kappa shape index (κ2) is 6.94. The summed E-state index contributed by atoms with van der Waals surface area (Å²) < 4.78 is 5.92. The fourth-order valence-corrected chi connectivity index (χ4v) is 3.39. The van der Waals surface area contributed by atoms with Gasteiger partial charge < -0.3 is 10.1 Å².